The van der Waals surface area contributed by atoms with Crippen molar-refractivity contribution >= 4 is 17.5 Å². The Morgan fingerprint density at radius 3 is 2.33 bits per heavy atom. The Hall–Kier alpha value is -1.42. The van der Waals surface area contributed by atoms with Crippen molar-refractivity contribution in [2.24, 2.45) is 0 Å². The van der Waals surface area contributed by atoms with Gasteiger partial charge in [0.25, 0.3) is 5.91 Å². The maximum absolute atomic E-state index is 12.1. The second-order valence-electron chi connectivity index (χ2n) is 4.75. The molecule has 1 aromatic rings. The number of halogens is 1. The number of carbonyl (C=O) groups is 1. The van der Waals surface area contributed by atoms with E-state index in [1.165, 1.54) is 18.2 Å². The SMILES string of the molecule is O=C(NC1(CCl)CCCC1)c1c(O)cccc1O. The lowest BCUT2D eigenvalue weighted by molar-refractivity contribution is 0.0904. The van der Waals surface area contributed by atoms with Crippen LogP contribution in [-0.4, -0.2) is 27.5 Å². The van der Waals surface area contributed by atoms with E-state index in [1.807, 2.05) is 0 Å². The number of phenolic OH excluding ortho intramolecular Hbond substituents is 2. The van der Waals surface area contributed by atoms with Crippen molar-refractivity contribution in [3.63, 3.8) is 0 Å². The summed E-state index contributed by atoms with van der Waals surface area (Å²) in [7, 11) is 0. The first-order valence-corrected chi connectivity index (χ1v) is 6.51. The normalized spacial score (nSPS) is 17.6. The van der Waals surface area contributed by atoms with E-state index in [4.69, 9.17) is 11.6 Å². The third-order valence-corrected chi connectivity index (χ3v) is 3.95. The van der Waals surface area contributed by atoms with E-state index in [9.17, 15) is 15.0 Å². The van der Waals surface area contributed by atoms with Crippen LogP contribution in [0.15, 0.2) is 18.2 Å². The van der Waals surface area contributed by atoms with Gasteiger partial charge in [0.1, 0.15) is 17.1 Å². The van der Waals surface area contributed by atoms with Crippen LogP contribution < -0.4 is 5.32 Å². The average Bonchev–Trinajstić information content (AvgIpc) is 2.78. The van der Waals surface area contributed by atoms with Crippen LogP contribution in [-0.2, 0) is 0 Å². The minimum absolute atomic E-state index is 0.0890. The molecule has 1 saturated carbocycles. The Balaban J connectivity index is 2.22. The van der Waals surface area contributed by atoms with E-state index >= 15 is 0 Å². The highest BCUT2D eigenvalue weighted by molar-refractivity contribution is 6.19. The molecule has 0 atom stereocenters. The number of phenols is 2. The van der Waals surface area contributed by atoms with Crippen LogP contribution in [0.5, 0.6) is 11.5 Å². The van der Waals surface area contributed by atoms with Crippen molar-refractivity contribution in [3.05, 3.63) is 23.8 Å². The van der Waals surface area contributed by atoms with E-state index in [0.29, 0.717) is 5.88 Å². The van der Waals surface area contributed by atoms with Crippen LogP contribution in [0.2, 0.25) is 0 Å². The van der Waals surface area contributed by atoms with Crippen LogP contribution in [0, 0.1) is 0 Å². The molecule has 0 radical (unpaired) electrons. The molecule has 5 heteroatoms. The van der Waals surface area contributed by atoms with Gasteiger partial charge in [-0.1, -0.05) is 18.9 Å². The molecule has 0 unspecified atom stereocenters. The number of carbonyl (C=O) groups excluding carboxylic acids is 1. The third kappa shape index (κ3) is 2.38. The summed E-state index contributed by atoms with van der Waals surface area (Å²) in [5, 5.41) is 22.1. The van der Waals surface area contributed by atoms with E-state index < -0.39 is 11.4 Å². The number of amides is 1. The summed E-state index contributed by atoms with van der Waals surface area (Å²) in [6.07, 6.45) is 3.71. The van der Waals surface area contributed by atoms with Gasteiger partial charge in [0.05, 0.1) is 5.54 Å². The van der Waals surface area contributed by atoms with E-state index in [0.717, 1.165) is 25.7 Å². The summed E-state index contributed by atoms with van der Waals surface area (Å²) < 4.78 is 0. The molecule has 0 heterocycles. The Kier molecular flexibility index (Phi) is 3.66. The first-order chi connectivity index (χ1) is 8.58. The van der Waals surface area contributed by atoms with Gasteiger partial charge in [0.15, 0.2) is 0 Å². The fourth-order valence-corrected chi connectivity index (χ4v) is 2.74. The van der Waals surface area contributed by atoms with Crippen molar-refractivity contribution in [2.45, 2.75) is 31.2 Å². The Bertz CT molecular complexity index is 435. The predicted molar refractivity (Wildman–Crippen MR) is 69.2 cm³/mol. The van der Waals surface area contributed by atoms with Crippen molar-refractivity contribution in [2.75, 3.05) is 5.88 Å². The van der Waals surface area contributed by atoms with Gasteiger partial charge in [-0.3, -0.25) is 4.79 Å². The van der Waals surface area contributed by atoms with Gasteiger partial charge >= 0.3 is 0 Å². The molecule has 18 heavy (non-hydrogen) atoms. The molecule has 1 aliphatic carbocycles. The van der Waals surface area contributed by atoms with Gasteiger partial charge < -0.3 is 15.5 Å². The lowest BCUT2D eigenvalue weighted by Crippen LogP contribution is -2.47. The Morgan fingerprint density at radius 1 is 1.28 bits per heavy atom. The maximum Gasteiger partial charge on any atom is 0.259 e. The first kappa shape index (κ1) is 13.0. The number of benzene rings is 1. The molecule has 0 spiro atoms. The topological polar surface area (TPSA) is 69.6 Å². The van der Waals surface area contributed by atoms with Gasteiger partial charge in [-0.05, 0) is 25.0 Å². The molecule has 4 nitrogen and oxygen atoms in total. The second kappa shape index (κ2) is 5.06. The fraction of sp³-hybridized carbons (Fsp3) is 0.462. The molecule has 1 aromatic carbocycles. The highest BCUT2D eigenvalue weighted by Crippen LogP contribution is 2.33. The molecule has 0 aromatic heterocycles. The second-order valence-corrected chi connectivity index (χ2v) is 5.01. The summed E-state index contributed by atoms with van der Waals surface area (Å²) in [5.41, 5.74) is -0.498. The summed E-state index contributed by atoms with van der Waals surface area (Å²) in [6.45, 7) is 0. The Labute approximate surface area is 111 Å². The summed E-state index contributed by atoms with van der Waals surface area (Å²) in [4.78, 5) is 12.1. The van der Waals surface area contributed by atoms with E-state index in [1.54, 1.807) is 0 Å². The standard InChI is InChI=1S/C13H16ClNO3/c14-8-13(6-1-2-7-13)15-12(18)11-9(16)4-3-5-10(11)17/h3-5,16-17H,1-2,6-8H2,(H,15,18). The smallest absolute Gasteiger partial charge is 0.259 e. The van der Waals surface area contributed by atoms with Gasteiger partial charge in [0, 0.05) is 5.88 Å². The number of rotatable bonds is 3. The number of aromatic hydroxyl groups is 2. The minimum atomic E-state index is -0.479. The van der Waals surface area contributed by atoms with Crippen molar-refractivity contribution in [1.29, 1.82) is 0 Å². The molecular formula is C13H16ClNO3. The molecule has 98 valence electrons. The number of nitrogens with one attached hydrogen (secondary N) is 1. The van der Waals surface area contributed by atoms with Crippen LogP contribution in [0.4, 0.5) is 0 Å². The largest absolute Gasteiger partial charge is 0.507 e. The zero-order valence-corrected chi connectivity index (χ0v) is 10.7. The van der Waals surface area contributed by atoms with Crippen molar-refractivity contribution in [1.82, 2.24) is 5.32 Å². The third-order valence-electron chi connectivity index (χ3n) is 3.44. The monoisotopic (exact) mass is 269 g/mol. The zero-order chi connectivity index (χ0) is 13.2. The molecular weight excluding hydrogens is 254 g/mol. The van der Waals surface area contributed by atoms with Gasteiger partial charge in [0.2, 0.25) is 0 Å². The van der Waals surface area contributed by atoms with Crippen LogP contribution >= 0.6 is 11.6 Å². The molecule has 0 saturated heterocycles. The number of alkyl halides is 1. The Morgan fingerprint density at radius 2 is 1.83 bits per heavy atom. The molecule has 3 N–H and O–H groups in total. The molecule has 0 aliphatic heterocycles. The molecule has 1 fully saturated rings. The quantitative estimate of drug-likeness (QED) is 0.738. The average molecular weight is 270 g/mol. The first-order valence-electron chi connectivity index (χ1n) is 5.97. The fourth-order valence-electron chi connectivity index (χ4n) is 2.41. The van der Waals surface area contributed by atoms with Crippen LogP contribution in [0.3, 0.4) is 0 Å². The van der Waals surface area contributed by atoms with E-state index in [-0.39, 0.29) is 17.1 Å². The van der Waals surface area contributed by atoms with Crippen LogP contribution in [0.25, 0.3) is 0 Å². The lowest BCUT2D eigenvalue weighted by Gasteiger charge is -2.28. The number of hydrogen-bond donors (Lipinski definition) is 3. The highest BCUT2D eigenvalue weighted by atomic mass is 35.5. The summed E-state index contributed by atoms with van der Waals surface area (Å²) >= 11 is 5.94. The molecule has 2 rings (SSSR count). The van der Waals surface area contributed by atoms with Gasteiger partial charge in [-0.2, -0.15) is 0 Å². The van der Waals surface area contributed by atoms with Crippen LogP contribution in [0.1, 0.15) is 36.0 Å². The number of hydrogen-bond acceptors (Lipinski definition) is 3. The van der Waals surface area contributed by atoms with E-state index in [2.05, 4.69) is 5.32 Å². The molecule has 0 bridgehead atoms. The lowest BCUT2D eigenvalue weighted by atomic mass is 9.99. The highest BCUT2D eigenvalue weighted by Gasteiger charge is 2.35. The summed E-state index contributed by atoms with van der Waals surface area (Å²) in [6, 6.07) is 4.22. The van der Waals surface area contributed by atoms with Gasteiger partial charge in [-0.25, -0.2) is 0 Å². The minimum Gasteiger partial charge on any atom is -0.507 e. The molecule has 1 aliphatic rings. The molecule has 1 amide bonds. The maximum atomic E-state index is 12.1. The zero-order valence-electron chi connectivity index (χ0n) is 9.95. The van der Waals surface area contributed by atoms with Crippen molar-refractivity contribution < 1.29 is 15.0 Å². The van der Waals surface area contributed by atoms with Crippen molar-refractivity contribution in [3.8, 4) is 11.5 Å². The summed E-state index contributed by atoms with van der Waals surface area (Å²) in [5.74, 6) is -0.591. The predicted octanol–water partition coefficient (Wildman–Crippen LogP) is 2.38. The van der Waals surface area contributed by atoms with Gasteiger partial charge in [-0.15, -0.1) is 11.6 Å².